The van der Waals surface area contributed by atoms with Gasteiger partial charge in [0.05, 0.1) is 6.61 Å². The van der Waals surface area contributed by atoms with Gasteiger partial charge in [0.25, 0.3) is 0 Å². The van der Waals surface area contributed by atoms with Crippen LogP contribution in [0.25, 0.3) is 0 Å². The molecule has 1 unspecified atom stereocenters. The van der Waals surface area contributed by atoms with E-state index in [0.717, 1.165) is 6.54 Å². The monoisotopic (exact) mass is 256 g/mol. The maximum absolute atomic E-state index is 9.42. The van der Waals surface area contributed by atoms with Gasteiger partial charge in [-0.15, -0.1) is 0 Å². The van der Waals surface area contributed by atoms with E-state index in [9.17, 15) is 5.11 Å². The molecule has 3 heteroatoms. The Balaban J connectivity index is 2.38. The Morgan fingerprint density at radius 1 is 1.28 bits per heavy atom. The van der Waals surface area contributed by atoms with Crippen LogP contribution >= 0.6 is 0 Å². The van der Waals surface area contributed by atoms with Gasteiger partial charge in [0.15, 0.2) is 0 Å². The van der Waals surface area contributed by atoms with Crippen LogP contribution in [0.2, 0.25) is 0 Å². The Hall–Kier alpha value is -0.120. The lowest BCUT2D eigenvalue weighted by Gasteiger charge is -2.39. The minimum absolute atomic E-state index is 0.199. The number of nitrogens with zero attached hydrogens (tertiary/aromatic N) is 1. The molecule has 2 N–H and O–H groups in total. The molecule has 0 aromatic rings. The van der Waals surface area contributed by atoms with Gasteiger partial charge in [-0.2, -0.15) is 0 Å². The summed E-state index contributed by atoms with van der Waals surface area (Å²) in [7, 11) is 2.20. The third kappa shape index (κ3) is 5.25. The first kappa shape index (κ1) is 15.9. The molecule has 0 aromatic heterocycles. The van der Waals surface area contributed by atoms with Gasteiger partial charge in [-0.1, -0.05) is 27.7 Å². The van der Waals surface area contributed by atoms with Crippen molar-refractivity contribution in [2.45, 2.75) is 71.5 Å². The average Bonchev–Trinajstić information content (AvgIpc) is 2.27. The summed E-state index contributed by atoms with van der Waals surface area (Å²) in [5.74, 6) is 0. The van der Waals surface area contributed by atoms with Crippen molar-refractivity contribution in [2.75, 3.05) is 20.2 Å². The van der Waals surface area contributed by atoms with Crippen LogP contribution < -0.4 is 5.32 Å². The fraction of sp³-hybridized carbons (Fsp3) is 1.00. The van der Waals surface area contributed by atoms with E-state index in [1.165, 1.54) is 25.7 Å². The molecule has 1 atom stereocenters. The molecule has 0 heterocycles. The third-order valence-electron chi connectivity index (χ3n) is 4.23. The summed E-state index contributed by atoms with van der Waals surface area (Å²) in [4.78, 5) is 2.44. The van der Waals surface area contributed by atoms with Gasteiger partial charge in [0.2, 0.25) is 0 Å². The molecule has 0 bridgehead atoms. The Labute approximate surface area is 113 Å². The summed E-state index contributed by atoms with van der Waals surface area (Å²) < 4.78 is 0. The first-order chi connectivity index (χ1) is 8.34. The van der Waals surface area contributed by atoms with Crippen molar-refractivity contribution in [3.05, 3.63) is 0 Å². The molecule has 1 saturated carbocycles. The second-order valence-electron chi connectivity index (χ2n) is 7.04. The largest absolute Gasteiger partial charge is 0.395 e. The number of hydrogen-bond donors (Lipinski definition) is 2. The van der Waals surface area contributed by atoms with Gasteiger partial charge in [0, 0.05) is 24.7 Å². The Morgan fingerprint density at radius 3 is 2.28 bits per heavy atom. The van der Waals surface area contributed by atoms with Gasteiger partial charge in [-0.3, -0.25) is 0 Å². The lowest BCUT2D eigenvalue weighted by atomic mass is 9.75. The van der Waals surface area contributed by atoms with Crippen molar-refractivity contribution >= 4 is 0 Å². The highest BCUT2D eigenvalue weighted by molar-refractivity contribution is 4.84. The minimum atomic E-state index is 0.199. The molecule has 1 aliphatic carbocycles. The maximum Gasteiger partial charge on any atom is 0.0597 e. The Morgan fingerprint density at radius 2 is 1.83 bits per heavy atom. The zero-order valence-corrected chi connectivity index (χ0v) is 12.9. The van der Waals surface area contributed by atoms with Crippen LogP contribution in [0.1, 0.15) is 53.4 Å². The van der Waals surface area contributed by atoms with E-state index < -0.39 is 0 Å². The standard InChI is InChI=1S/C15H32N2O/c1-12(2)16-13(11-18)10-17(5)14-6-8-15(3,4)9-7-14/h12-14,16,18H,6-11H2,1-5H3. The molecule has 3 nitrogen and oxygen atoms in total. The van der Waals surface area contributed by atoms with Crippen LogP contribution in [0.5, 0.6) is 0 Å². The van der Waals surface area contributed by atoms with Crippen LogP contribution in [0.15, 0.2) is 0 Å². The molecule has 0 aromatic carbocycles. The van der Waals surface area contributed by atoms with Crippen LogP contribution in [0.3, 0.4) is 0 Å². The first-order valence-corrected chi connectivity index (χ1v) is 7.41. The van der Waals surface area contributed by atoms with Crippen molar-refractivity contribution in [1.29, 1.82) is 0 Å². The molecule has 0 saturated heterocycles. The van der Waals surface area contributed by atoms with Gasteiger partial charge < -0.3 is 15.3 Å². The predicted octanol–water partition coefficient (Wildman–Crippen LogP) is 2.25. The van der Waals surface area contributed by atoms with E-state index in [0.29, 0.717) is 17.5 Å². The third-order valence-corrected chi connectivity index (χ3v) is 4.23. The topological polar surface area (TPSA) is 35.5 Å². The highest BCUT2D eigenvalue weighted by Crippen LogP contribution is 2.36. The van der Waals surface area contributed by atoms with Crippen LogP contribution in [0, 0.1) is 5.41 Å². The number of hydrogen-bond acceptors (Lipinski definition) is 3. The van der Waals surface area contributed by atoms with E-state index in [1.807, 2.05) is 0 Å². The minimum Gasteiger partial charge on any atom is -0.395 e. The van der Waals surface area contributed by atoms with E-state index >= 15 is 0 Å². The number of rotatable bonds is 6. The smallest absolute Gasteiger partial charge is 0.0597 e. The quantitative estimate of drug-likeness (QED) is 0.765. The molecule has 0 aliphatic heterocycles. The molecule has 1 aliphatic rings. The van der Waals surface area contributed by atoms with Gasteiger partial charge in [0.1, 0.15) is 0 Å². The van der Waals surface area contributed by atoms with Crippen LogP contribution in [0.4, 0.5) is 0 Å². The number of likely N-dealkylation sites (N-methyl/N-ethyl adjacent to an activating group) is 1. The fourth-order valence-electron chi connectivity index (χ4n) is 2.96. The molecule has 1 rings (SSSR count). The molecule has 0 spiro atoms. The maximum atomic E-state index is 9.42. The zero-order valence-electron chi connectivity index (χ0n) is 12.9. The SMILES string of the molecule is CC(C)NC(CO)CN(C)C1CCC(C)(C)CC1. The lowest BCUT2D eigenvalue weighted by Crippen LogP contribution is -2.48. The second-order valence-corrected chi connectivity index (χ2v) is 7.04. The highest BCUT2D eigenvalue weighted by atomic mass is 16.3. The Kier molecular flexibility index (Phi) is 6.09. The molecular formula is C15H32N2O. The van der Waals surface area contributed by atoms with Crippen molar-refractivity contribution in [1.82, 2.24) is 10.2 Å². The molecular weight excluding hydrogens is 224 g/mol. The van der Waals surface area contributed by atoms with Crippen molar-refractivity contribution < 1.29 is 5.11 Å². The van der Waals surface area contributed by atoms with E-state index in [4.69, 9.17) is 0 Å². The number of aliphatic hydroxyl groups excluding tert-OH is 1. The lowest BCUT2D eigenvalue weighted by molar-refractivity contribution is 0.106. The van der Waals surface area contributed by atoms with Gasteiger partial charge >= 0.3 is 0 Å². The van der Waals surface area contributed by atoms with E-state index in [2.05, 4.69) is 45.0 Å². The summed E-state index contributed by atoms with van der Waals surface area (Å²) in [5.41, 5.74) is 0.532. The summed E-state index contributed by atoms with van der Waals surface area (Å²) in [6, 6.07) is 1.33. The van der Waals surface area contributed by atoms with Crippen molar-refractivity contribution in [3.63, 3.8) is 0 Å². The van der Waals surface area contributed by atoms with Crippen molar-refractivity contribution in [3.8, 4) is 0 Å². The highest BCUT2D eigenvalue weighted by Gasteiger charge is 2.29. The fourth-order valence-corrected chi connectivity index (χ4v) is 2.96. The van der Waals surface area contributed by atoms with Crippen LogP contribution in [-0.2, 0) is 0 Å². The summed E-state index contributed by atoms with van der Waals surface area (Å²) in [6.45, 7) is 10.2. The molecule has 108 valence electrons. The molecule has 0 amide bonds. The molecule has 1 fully saturated rings. The van der Waals surface area contributed by atoms with Crippen LogP contribution in [-0.4, -0.2) is 48.3 Å². The normalized spacial score (nSPS) is 22.7. The van der Waals surface area contributed by atoms with E-state index in [1.54, 1.807) is 0 Å². The zero-order chi connectivity index (χ0) is 13.8. The van der Waals surface area contributed by atoms with Gasteiger partial charge in [-0.25, -0.2) is 0 Å². The predicted molar refractivity (Wildman–Crippen MR) is 77.8 cm³/mol. The summed E-state index contributed by atoms with van der Waals surface area (Å²) >= 11 is 0. The van der Waals surface area contributed by atoms with E-state index in [-0.39, 0.29) is 12.6 Å². The summed E-state index contributed by atoms with van der Waals surface area (Å²) in [5, 5.41) is 12.8. The molecule has 18 heavy (non-hydrogen) atoms. The Bertz CT molecular complexity index is 231. The second kappa shape index (κ2) is 6.88. The summed E-state index contributed by atoms with van der Waals surface area (Å²) in [6.07, 6.45) is 5.24. The van der Waals surface area contributed by atoms with Crippen molar-refractivity contribution in [2.24, 2.45) is 5.41 Å². The molecule has 0 radical (unpaired) electrons. The number of aliphatic hydroxyl groups is 1. The average molecular weight is 256 g/mol. The van der Waals surface area contributed by atoms with Gasteiger partial charge in [-0.05, 0) is 38.1 Å². The number of nitrogens with one attached hydrogen (secondary N) is 1. The first-order valence-electron chi connectivity index (χ1n) is 7.41.